The summed E-state index contributed by atoms with van der Waals surface area (Å²) in [5.74, 6) is -0.869. The van der Waals surface area contributed by atoms with Crippen LogP contribution >= 0.6 is 0 Å². The van der Waals surface area contributed by atoms with Crippen LogP contribution in [0, 0.1) is 5.41 Å². The van der Waals surface area contributed by atoms with Crippen molar-refractivity contribution in [2.75, 3.05) is 32.7 Å². The van der Waals surface area contributed by atoms with E-state index < -0.39 is 11.4 Å². The van der Waals surface area contributed by atoms with E-state index >= 15 is 0 Å². The Labute approximate surface area is 127 Å². The van der Waals surface area contributed by atoms with Crippen molar-refractivity contribution in [1.82, 2.24) is 15.1 Å². The molecule has 2 unspecified atom stereocenters. The molecule has 1 aliphatic heterocycles. The molecule has 0 saturated carbocycles. The molecule has 1 saturated heterocycles. The molecule has 6 heteroatoms. The van der Waals surface area contributed by atoms with Crippen LogP contribution in [0.1, 0.15) is 40.5 Å². The van der Waals surface area contributed by atoms with Crippen molar-refractivity contribution in [2.24, 2.45) is 5.41 Å². The van der Waals surface area contributed by atoms with E-state index in [-0.39, 0.29) is 12.6 Å². The van der Waals surface area contributed by atoms with Gasteiger partial charge in [0.2, 0.25) is 0 Å². The van der Waals surface area contributed by atoms with Crippen molar-refractivity contribution >= 4 is 12.0 Å². The normalized spacial score (nSPS) is 20.7. The highest BCUT2D eigenvalue weighted by Crippen LogP contribution is 2.20. The predicted octanol–water partition coefficient (Wildman–Crippen LogP) is 1.61. The van der Waals surface area contributed by atoms with Crippen LogP contribution in [0.5, 0.6) is 0 Å². The van der Waals surface area contributed by atoms with E-state index in [1.807, 2.05) is 6.92 Å². The van der Waals surface area contributed by atoms with Crippen LogP contribution in [-0.2, 0) is 4.79 Å². The van der Waals surface area contributed by atoms with Crippen LogP contribution < -0.4 is 5.32 Å². The van der Waals surface area contributed by atoms with Crippen LogP contribution in [0.25, 0.3) is 0 Å². The van der Waals surface area contributed by atoms with Crippen molar-refractivity contribution in [3.8, 4) is 0 Å². The third-order valence-electron chi connectivity index (χ3n) is 4.74. The van der Waals surface area contributed by atoms with Crippen molar-refractivity contribution in [1.29, 1.82) is 0 Å². The summed E-state index contributed by atoms with van der Waals surface area (Å²) in [5.41, 5.74) is -0.895. The Morgan fingerprint density at radius 3 is 2.24 bits per heavy atom. The maximum Gasteiger partial charge on any atom is 0.317 e. The number of nitrogens with zero attached hydrogens (tertiary/aromatic N) is 2. The molecule has 122 valence electrons. The first-order chi connectivity index (χ1) is 9.84. The summed E-state index contributed by atoms with van der Waals surface area (Å²) in [6.07, 6.45) is 1.60. The molecule has 1 rings (SSSR count). The van der Waals surface area contributed by atoms with Gasteiger partial charge in [-0.3, -0.25) is 9.69 Å². The van der Waals surface area contributed by atoms with Gasteiger partial charge in [-0.15, -0.1) is 0 Å². The molecule has 1 fully saturated rings. The molecule has 0 aromatic heterocycles. The van der Waals surface area contributed by atoms with Crippen molar-refractivity contribution in [3.63, 3.8) is 0 Å². The molecule has 0 bridgehead atoms. The van der Waals surface area contributed by atoms with Gasteiger partial charge in [0.05, 0.1) is 5.41 Å². The summed E-state index contributed by atoms with van der Waals surface area (Å²) in [4.78, 5) is 27.5. The van der Waals surface area contributed by atoms with Gasteiger partial charge in [-0.1, -0.05) is 13.8 Å². The molecule has 0 radical (unpaired) electrons. The van der Waals surface area contributed by atoms with Gasteiger partial charge >= 0.3 is 12.0 Å². The minimum absolute atomic E-state index is 0.153. The maximum atomic E-state index is 12.1. The Hall–Kier alpha value is -1.30. The molecule has 0 aromatic carbocycles. The second-order valence-corrected chi connectivity index (χ2v) is 6.16. The molecular formula is C15H29N3O3. The third kappa shape index (κ3) is 4.59. The van der Waals surface area contributed by atoms with Gasteiger partial charge in [0.25, 0.3) is 0 Å². The fourth-order valence-electron chi connectivity index (χ4n) is 2.36. The first kappa shape index (κ1) is 17.8. The highest BCUT2D eigenvalue weighted by molar-refractivity contribution is 5.78. The molecule has 1 aliphatic rings. The summed E-state index contributed by atoms with van der Waals surface area (Å²) in [6, 6.07) is 0.394. The molecular weight excluding hydrogens is 270 g/mol. The number of carboxylic acid groups (broad SMARTS) is 1. The second kappa shape index (κ2) is 7.64. The van der Waals surface area contributed by atoms with Crippen LogP contribution in [-0.4, -0.2) is 65.7 Å². The third-order valence-corrected chi connectivity index (χ3v) is 4.74. The second-order valence-electron chi connectivity index (χ2n) is 6.16. The van der Waals surface area contributed by atoms with Gasteiger partial charge in [0.15, 0.2) is 0 Å². The summed E-state index contributed by atoms with van der Waals surface area (Å²) in [7, 11) is 0. The fraction of sp³-hybridized carbons (Fsp3) is 0.867. The van der Waals surface area contributed by atoms with Crippen LogP contribution in [0.2, 0.25) is 0 Å². The van der Waals surface area contributed by atoms with E-state index in [9.17, 15) is 14.7 Å². The lowest BCUT2D eigenvalue weighted by Gasteiger charge is -2.38. The molecule has 0 aromatic rings. The molecule has 2 amide bonds. The smallest absolute Gasteiger partial charge is 0.317 e. The lowest BCUT2D eigenvalue weighted by atomic mass is 9.88. The molecule has 0 aliphatic carbocycles. The number of carbonyl (C=O) groups excluding carboxylic acids is 1. The Morgan fingerprint density at radius 2 is 1.81 bits per heavy atom. The number of hydrogen-bond donors (Lipinski definition) is 2. The number of carboxylic acids is 1. The van der Waals surface area contributed by atoms with Crippen LogP contribution in [0.4, 0.5) is 4.79 Å². The number of aliphatic carboxylic acids is 1. The molecule has 2 atom stereocenters. The first-order valence-corrected chi connectivity index (χ1v) is 7.84. The highest BCUT2D eigenvalue weighted by Gasteiger charge is 2.32. The van der Waals surface area contributed by atoms with E-state index in [4.69, 9.17) is 0 Å². The number of nitrogens with one attached hydrogen (secondary N) is 1. The van der Waals surface area contributed by atoms with Crippen LogP contribution in [0.3, 0.4) is 0 Å². The van der Waals surface area contributed by atoms with Crippen molar-refractivity contribution in [2.45, 2.75) is 46.6 Å². The number of carbonyl (C=O) groups is 2. The molecule has 2 N–H and O–H groups in total. The molecule has 6 nitrogen and oxygen atoms in total. The lowest BCUT2D eigenvalue weighted by molar-refractivity contribution is -0.147. The predicted molar refractivity (Wildman–Crippen MR) is 82.3 cm³/mol. The Balaban J connectivity index is 2.43. The largest absolute Gasteiger partial charge is 0.481 e. The SMILES string of the molecule is CCC(C)N1CCN(C(=O)NCC(C)(CC)C(=O)O)CC1. The zero-order valence-corrected chi connectivity index (χ0v) is 13.7. The average molecular weight is 299 g/mol. The standard InChI is InChI=1S/C15H29N3O3/c1-5-12(3)17-7-9-18(10-8-17)14(21)16-11-15(4,6-2)13(19)20/h12H,5-11H2,1-4H3,(H,16,21)(H,19,20). The fourth-order valence-corrected chi connectivity index (χ4v) is 2.36. The van der Waals surface area contributed by atoms with Crippen molar-refractivity contribution < 1.29 is 14.7 Å². The zero-order valence-electron chi connectivity index (χ0n) is 13.7. The van der Waals surface area contributed by atoms with Gasteiger partial charge in [-0.25, -0.2) is 4.79 Å². The van der Waals surface area contributed by atoms with E-state index in [0.717, 1.165) is 19.5 Å². The van der Waals surface area contributed by atoms with Crippen molar-refractivity contribution in [3.05, 3.63) is 0 Å². The monoisotopic (exact) mass is 299 g/mol. The van der Waals surface area contributed by atoms with Gasteiger partial charge in [-0.05, 0) is 26.7 Å². The lowest BCUT2D eigenvalue weighted by Crippen LogP contribution is -2.54. The topological polar surface area (TPSA) is 72.9 Å². The van der Waals surface area contributed by atoms with E-state index in [2.05, 4.69) is 24.1 Å². The molecule has 1 heterocycles. The number of rotatable bonds is 6. The van der Waals surface area contributed by atoms with E-state index in [1.165, 1.54) is 0 Å². The Morgan fingerprint density at radius 1 is 1.24 bits per heavy atom. The Kier molecular flexibility index (Phi) is 6.45. The van der Waals surface area contributed by atoms with Gasteiger partial charge in [-0.2, -0.15) is 0 Å². The summed E-state index contributed by atoms with van der Waals surface area (Å²) in [6.45, 7) is 11.2. The zero-order chi connectivity index (χ0) is 16.0. The summed E-state index contributed by atoms with van der Waals surface area (Å²) in [5, 5.41) is 12.0. The summed E-state index contributed by atoms with van der Waals surface area (Å²) >= 11 is 0. The number of amides is 2. The van der Waals surface area contributed by atoms with E-state index in [1.54, 1.807) is 11.8 Å². The molecule has 0 spiro atoms. The van der Waals surface area contributed by atoms with Crippen LogP contribution in [0.15, 0.2) is 0 Å². The maximum absolute atomic E-state index is 12.1. The average Bonchev–Trinajstić information content (AvgIpc) is 2.51. The van der Waals surface area contributed by atoms with Gasteiger partial charge in [0, 0.05) is 38.8 Å². The number of piperazine rings is 1. The molecule has 21 heavy (non-hydrogen) atoms. The van der Waals surface area contributed by atoms with E-state index in [0.29, 0.717) is 25.6 Å². The highest BCUT2D eigenvalue weighted by atomic mass is 16.4. The minimum atomic E-state index is -0.895. The minimum Gasteiger partial charge on any atom is -0.481 e. The first-order valence-electron chi connectivity index (χ1n) is 7.84. The Bertz CT molecular complexity index is 367. The number of urea groups is 1. The number of hydrogen-bond acceptors (Lipinski definition) is 3. The van der Waals surface area contributed by atoms with Gasteiger partial charge in [0.1, 0.15) is 0 Å². The summed E-state index contributed by atoms with van der Waals surface area (Å²) < 4.78 is 0. The quantitative estimate of drug-likeness (QED) is 0.781. The van der Waals surface area contributed by atoms with Gasteiger partial charge < -0.3 is 15.3 Å².